The second kappa shape index (κ2) is 10.6. The predicted molar refractivity (Wildman–Crippen MR) is 129 cm³/mol. The summed E-state index contributed by atoms with van der Waals surface area (Å²) in [6, 6.07) is 10.5. The van der Waals surface area contributed by atoms with E-state index in [4.69, 9.17) is 44.9 Å². The summed E-state index contributed by atoms with van der Waals surface area (Å²) in [5, 5.41) is 3.38. The third kappa shape index (κ3) is 5.30. The van der Waals surface area contributed by atoms with Crippen LogP contribution >= 0.6 is 35.4 Å². The maximum Gasteiger partial charge on any atom is 0.265 e. The van der Waals surface area contributed by atoms with E-state index in [0.717, 1.165) is 5.56 Å². The van der Waals surface area contributed by atoms with Gasteiger partial charge in [-0.15, -0.1) is 6.58 Å². The summed E-state index contributed by atoms with van der Waals surface area (Å²) in [5.74, 6) is -0.397. The highest BCUT2D eigenvalue weighted by Gasteiger charge is 2.32. The van der Waals surface area contributed by atoms with Gasteiger partial charge < -0.3 is 9.47 Å². The molecule has 0 unspecified atom stereocenters. The monoisotopic (exact) mass is 490 g/mol. The summed E-state index contributed by atoms with van der Waals surface area (Å²) in [5.41, 5.74) is 1.21. The molecule has 1 N–H and O–H groups in total. The zero-order valence-corrected chi connectivity index (χ0v) is 19.5. The molecule has 1 heterocycles. The van der Waals surface area contributed by atoms with Crippen molar-refractivity contribution < 1.29 is 19.1 Å². The van der Waals surface area contributed by atoms with Gasteiger partial charge in [0.2, 0.25) is 0 Å². The molecule has 9 heteroatoms. The highest BCUT2D eigenvalue weighted by atomic mass is 35.5. The van der Waals surface area contributed by atoms with Crippen LogP contribution in [0.5, 0.6) is 11.5 Å². The van der Waals surface area contributed by atoms with E-state index in [-0.39, 0.29) is 28.9 Å². The van der Waals surface area contributed by atoms with Crippen LogP contribution in [0, 0.1) is 0 Å². The standard InChI is InChI=1S/C23H20Cl2N2O4S/c1-3-9-27-22(29)16(21(28)26-23(27)32)10-14-11-18(25)20(19(12-14)30-4-2)31-13-15-7-5-6-8-17(15)24/h3,5-8,10-12H,1,4,9,13H2,2H3,(H,26,28,32)/b16-10+. The average molecular weight is 491 g/mol. The average Bonchev–Trinajstić information content (AvgIpc) is 2.75. The van der Waals surface area contributed by atoms with Crippen molar-refractivity contribution in [3.05, 3.63) is 75.8 Å². The normalized spacial score (nSPS) is 15.0. The second-order valence-corrected chi connectivity index (χ2v) is 7.87. The SMILES string of the molecule is C=CCN1C(=O)/C(=C/c2cc(Cl)c(OCc3ccccc3Cl)c(OCC)c2)C(=O)NC1=S. The Labute approximate surface area is 201 Å². The van der Waals surface area contributed by atoms with Crippen LogP contribution < -0.4 is 14.8 Å². The van der Waals surface area contributed by atoms with Gasteiger partial charge in [0.1, 0.15) is 12.2 Å². The maximum absolute atomic E-state index is 12.8. The van der Waals surface area contributed by atoms with Crippen molar-refractivity contribution in [2.24, 2.45) is 0 Å². The van der Waals surface area contributed by atoms with E-state index in [1.54, 1.807) is 18.2 Å². The van der Waals surface area contributed by atoms with Crippen molar-refractivity contribution in [1.82, 2.24) is 10.2 Å². The van der Waals surface area contributed by atoms with Crippen LogP contribution in [0.2, 0.25) is 10.0 Å². The molecule has 0 spiro atoms. The van der Waals surface area contributed by atoms with E-state index in [9.17, 15) is 9.59 Å². The molecular formula is C23H20Cl2N2O4S. The Kier molecular flexibility index (Phi) is 7.90. The van der Waals surface area contributed by atoms with Gasteiger partial charge in [0.15, 0.2) is 16.6 Å². The van der Waals surface area contributed by atoms with Crippen LogP contribution in [0.3, 0.4) is 0 Å². The summed E-state index contributed by atoms with van der Waals surface area (Å²) < 4.78 is 11.6. The molecule has 0 aromatic heterocycles. The molecule has 0 atom stereocenters. The van der Waals surface area contributed by atoms with E-state index >= 15 is 0 Å². The molecule has 1 fully saturated rings. The fourth-order valence-corrected chi connectivity index (χ4v) is 3.71. The number of halogens is 2. The molecule has 0 saturated carbocycles. The molecule has 1 aliphatic rings. The second-order valence-electron chi connectivity index (χ2n) is 6.66. The summed E-state index contributed by atoms with van der Waals surface area (Å²) in [7, 11) is 0. The van der Waals surface area contributed by atoms with E-state index in [1.165, 1.54) is 17.1 Å². The van der Waals surface area contributed by atoms with Crippen LogP contribution in [-0.2, 0) is 16.2 Å². The fourth-order valence-electron chi connectivity index (χ4n) is 3.00. The molecule has 0 bridgehead atoms. The summed E-state index contributed by atoms with van der Waals surface area (Å²) >= 11 is 17.7. The van der Waals surface area contributed by atoms with Crippen molar-refractivity contribution in [2.45, 2.75) is 13.5 Å². The van der Waals surface area contributed by atoms with E-state index in [2.05, 4.69) is 11.9 Å². The van der Waals surface area contributed by atoms with Gasteiger partial charge >= 0.3 is 0 Å². The van der Waals surface area contributed by atoms with Gasteiger partial charge in [-0.3, -0.25) is 19.8 Å². The lowest BCUT2D eigenvalue weighted by atomic mass is 10.1. The minimum atomic E-state index is -0.589. The number of benzene rings is 2. The third-order valence-electron chi connectivity index (χ3n) is 4.47. The maximum atomic E-state index is 12.8. The number of ether oxygens (including phenoxy) is 2. The first-order valence-corrected chi connectivity index (χ1v) is 10.8. The topological polar surface area (TPSA) is 67.9 Å². The largest absolute Gasteiger partial charge is 0.490 e. The van der Waals surface area contributed by atoms with Gasteiger partial charge in [-0.25, -0.2) is 0 Å². The third-order valence-corrected chi connectivity index (χ3v) is 5.44. The highest BCUT2D eigenvalue weighted by molar-refractivity contribution is 7.80. The molecule has 0 aliphatic carbocycles. The van der Waals surface area contributed by atoms with Gasteiger partial charge in [-0.2, -0.15) is 0 Å². The first-order chi connectivity index (χ1) is 15.3. The molecule has 6 nitrogen and oxygen atoms in total. The lowest BCUT2D eigenvalue weighted by Gasteiger charge is -2.27. The van der Waals surface area contributed by atoms with Crippen molar-refractivity contribution in [3.8, 4) is 11.5 Å². The smallest absolute Gasteiger partial charge is 0.265 e. The molecule has 32 heavy (non-hydrogen) atoms. The Balaban J connectivity index is 1.93. The molecule has 2 aromatic rings. The van der Waals surface area contributed by atoms with Gasteiger partial charge in [0, 0.05) is 17.1 Å². The Morgan fingerprint density at radius 2 is 1.91 bits per heavy atom. The van der Waals surface area contributed by atoms with E-state index in [1.807, 2.05) is 25.1 Å². The number of nitrogens with zero attached hydrogens (tertiary/aromatic N) is 1. The minimum absolute atomic E-state index is 0.0356. The fraction of sp³-hybridized carbons (Fsp3) is 0.174. The summed E-state index contributed by atoms with van der Waals surface area (Å²) in [4.78, 5) is 26.4. The first-order valence-electron chi connectivity index (χ1n) is 9.68. The van der Waals surface area contributed by atoms with Crippen molar-refractivity contribution >= 4 is 58.4 Å². The van der Waals surface area contributed by atoms with Gasteiger partial charge in [-0.05, 0) is 49.0 Å². The Bertz CT molecular complexity index is 1120. The van der Waals surface area contributed by atoms with Crippen molar-refractivity contribution in [1.29, 1.82) is 0 Å². The molecule has 2 aromatic carbocycles. The Hall–Kier alpha value is -2.87. The zero-order chi connectivity index (χ0) is 23.3. The number of amides is 2. The summed E-state index contributed by atoms with van der Waals surface area (Å²) in [6.45, 7) is 6.16. The molecule has 0 radical (unpaired) electrons. The molecule has 1 saturated heterocycles. The summed E-state index contributed by atoms with van der Waals surface area (Å²) in [6.07, 6.45) is 2.95. The highest BCUT2D eigenvalue weighted by Crippen LogP contribution is 2.38. The van der Waals surface area contributed by atoms with Gasteiger partial charge in [0.25, 0.3) is 11.8 Å². The number of rotatable bonds is 8. The first kappa shape index (κ1) is 23.8. The molecular weight excluding hydrogens is 471 g/mol. The molecule has 3 rings (SSSR count). The lowest BCUT2D eigenvalue weighted by molar-refractivity contribution is -0.128. The van der Waals surface area contributed by atoms with Crippen LogP contribution in [-0.4, -0.2) is 35.0 Å². The van der Waals surface area contributed by atoms with Crippen LogP contribution in [0.15, 0.2) is 54.6 Å². The Morgan fingerprint density at radius 3 is 2.59 bits per heavy atom. The molecule has 1 aliphatic heterocycles. The number of thiocarbonyl (C=S) groups is 1. The van der Waals surface area contributed by atoms with Crippen LogP contribution in [0.1, 0.15) is 18.1 Å². The van der Waals surface area contributed by atoms with Crippen molar-refractivity contribution in [2.75, 3.05) is 13.2 Å². The van der Waals surface area contributed by atoms with E-state index < -0.39 is 11.8 Å². The number of hydrogen-bond donors (Lipinski definition) is 1. The van der Waals surface area contributed by atoms with Crippen molar-refractivity contribution in [3.63, 3.8) is 0 Å². The molecule has 166 valence electrons. The number of carbonyl (C=O) groups is 2. The van der Waals surface area contributed by atoms with Crippen LogP contribution in [0.25, 0.3) is 6.08 Å². The zero-order valence-electron chi connectivity index (χ0n) is 17.2. The number of hydrogen-bond acceptors (Lipinski definition) is 5. The van der Waals surface area contributed by atoms with Crippen LogP contribution in [0.4, 0.5) is 0 Å². The van der Waals surface area contributed by atoms with Gasteiger partial charge in [0.05, 0.1) is 11.6 Å². The number of nitrogens with one attached hydrogen (secondary N) is 1. The lowest BCUT2D eigenvalue weighted by Crippen LogP contribution is -2.53. The predicted octanol–water partition coefficient (Wildman–Crippen LogP) is 4.78. The van der Waals surface area contributed by atoms with E-state index in [0.29, 0.717) is 28.7 Å². The minimum Gasteiger partial charge on any atom is -0.490 e. The Morgan fingerprint density at radius 1 is 1.16 bits per heavy atom. The van der Waals surface area contributed by atoms with Gasteiger partial charge in [-0.1, -0.05) is 47.5 Å². The number of carbonyl (C=O) groups excluding carboxylic acids is 2. The quantitative estimate of drug-likeness (QED) is 0.249. The molecule has 2 amide bonds.